The predicted octanol–water partition coefficient (Wildman–Crippen LogP) is 4.53. The van der Waals surface area contributed by atoms with Crippen LogP contribution in [0.5, 0.6) is 0 Å². The van der Waals surface area contributed by atoms with Crippen molar-refractivity contribution < 1.29 is 5.11 Å². The van der Waals surface area contributed by atoms with Crippen LogP contribution in [0, 0.1) is 13.8 Å². The third-order valence-corrected chi connectivity index (χ3v) is 4.10. The fourth-order valence-corrected chi connectivity index (χ4v) is 2.50. The highest BCUT2D eigenvalue weighted by Crippen LogP contribution is 2.28. The number of benzene rings is 2. The van der Waals surface area contributed by atoms with Gasteiger partial charge in [-0.1, -0.05) is 48.5 Å². The molecular formula is C19H24O. The molecule has 0 radical (unpaired) electrons. The molecule has 0 aliphatic carbocycles. The van der Waals surface area contributed by atoms with Gasteiger partial charge < -0.3 is 5.11 Å². The van der Waals surface area contributed by atoms with Crippen LogP contribution in [0.4, 0.5) is 0 Å². The zero-order valence-electron chi connectivity index (χ0n) is 12.7. The second-order valence-corrected chi connectivity index (χ2v) is 5.91. The number of hydrogen-bond acceptors (Lipinski definition) is 1. The van der Waals surface area contributed by atoms with Crippen LogP contribution in [0.1, 0.15) is 42.0 Å². The predicted molar refractivity (Wildman–Crippen MR) is 84.9 cm³/mol. The quantitative estimate of drug-likeness (QED) is 0.844. The highest BCUT2D eigenvalue weighted by atomic mass is 16.3. The lowest BCUT2D eigenvalue weighted by Gasteiger charge is -2.24. The van der Waals surface area contributed by atoms with E-state index in [4.69, 9.17) is 0 Å². The average molecular weight is 268 g/mol. The van der Waals surface area contributed by atoms with Crippen LogP contribution < -0.4 is 0 Å². The summed E-state index contributed by atoms with van der Waals surface area (Å²) in [4.78, 5) is 0. The maximum Gasteiger partial charge on any atom is 0.0868 e. The van der Waals surface area contributed by atoms with Crippen molar-refractivity contribution in [1.82, 2.24) is 0 Å². The van der Waals surface area contributed by atoms with Gasteiger partial charge in [0.05, 0.1) is 5.60 Å². The Morgan fingerprint density at radius 1 is 0.950 bits per heavy atom. The summed E-state index contributed by atoms with van der Waals surface area (Å²) in [6, 6.07) is 16.7. The molecule has 0 saturated heterocycles. The fraction of sp³-hybridized carbons (Fsp3) is 0.368. The van der Waals surface area contributed by atoms with E-state index in [9.17, 15) is 5.11 Å². The Morgan fingerprint density at radius 2 is 1.65 bits per heavy atom. The Bertz CT molecular complexity index is 555. The van der Waals surface area contributed by atoms with Gasteiger partial charge in [-0.2, -0.15) is 0 Å². The summed E-state index contributed by atoms with van der Waals surface area (Å²) in [6.45, 7) is 6.12. The summed E-state index contributed by atoms with van der Waals surface area (Å²) in [7, 11) is 0. The summed E-state index contributed by atoms with van der Waals surface area (Å²) in [5.41, 5.74) is 4.13. The summed E-state index contributed by atoms with van der Waals surface area (Å²) in [5.74, 6) is 0. The van der Waals surface area contributed by atoms with Crippen molar-refractivity contribution in [2.75, 3.05) is 0 Å². The average Bonchev–Trinajstić information content (AvgIpc) is 2.43. The van der Waals surface area contributed by atoms with Gasteiger partial charge in [0.25, 0.3) is 0 Å². The van der Waals surface area contributed by atoms with E-state index in [0.717, 1.165) is 24.8 Å². The first-order valence-electron chi connectivity index (χ1n) is 7.33. The molecule has 2 rings (SSSR count). The van der Waals surface area contributed by atoms with Crippen LogP contribution in [0.2, 0.25) is 0 Å². The highest BCUT2D eigenvalue weighted by molar-refractivity contribution is 5.33. The largest absolute Gasteiger partial charge is 0.385 e. The molecule has 0 bridgehead atoms. The SMILES string of the molecule is Cc1ccc(C(C)(O)CCCc2ccccc2)cc1C. The van der Waals surface area contributed by atoms with Crippen LogP contribution in [0.15, 0.2) is 48.5 Å². The van der Waals surface area contributed by atoms with Crippen LogP contribution >= 0.6 is 0 Å². The molecule has 0 aliphatic rings. The molecule has 0 aliphatic heterocycles. The molecule has 0 heterocycles. The van der Waals surface area contributed by atoms with Gasteiger partial charge in [-0.25, -0.2) is 0 Å². The molecule has 0 fully saturated rings. The molecule has 1 heteroatoms. The fourth-order valence-electron chi connectivity index (χ4n) is 2.50. The Balaban J connectivity index is 1.98. The van der Waals surface area contributed by atoms with Crippen LogP contribution in [-0.4, -0.2) is 5.11 Å². The molecule has 2 aromatic rings. The number of aliphatic hydroxyl groups is 1. The van der Waals surface area contributed by atoms with Gasteiger partial charge in [0, 0.05) is 0 Å². The summed E-state index contributed by atoms with van der Waals surface area (Å²) in [6.07, 6.45) is 2.79. The standard InChI is InChI=1S/C19H24O/c1-15-11-12-18(14-16(15)2)19(3,20)13-7-10-17-8-5-4-6-9-17/h4-6,8-9,11-12,14,20H,7,10,13H2,1-3H3. The third kappa shape index (κ3) is 3.71. The first-order chi connectivity index (χ1) is 9.49. The molecule has 1 unspecified atom stereocenters. The lowest BCUT2D eigenvalue weighted by molar-refractivity contribution is 0.0456. The van der Waals surface area contributed by atoms with Crippen LogP contribution in [0.25, 0.3) is 0 Å². The number of aryl methyl sites for hydroxylation is 3. The summed E-state index contributed by atoms with van der Waals surface area (Å²) < 4.78 is 0. The molecular weight excluding hydrogens is 244 g/mol. The van der Waals surface area contributed by atoms with E-state index < -0.39 is 5.60 Å². The molecule has 1 nitrogen and oxygen atoms in total. The number of rotatable bonds is 5. The third-order valence-electron chi connectivity index (χ3n) is 4.10. The van der Waals surface area contributed by atoms with E-state index in [0.29, 0.717) is 0 Å². The van der Waals surface area contributed by atoms with Crippen molar-refractivity contribution in [1.29, 1.82) is 0 Å². The van der Waals surface area contributed by atoms with Crippen molar-refractivity contribution in [2.24, 2.45) is 0 Å². The van der Waals surface area contributed by atoms with E-state index in [1.54, 1.807) is 0 Å². The molecule has 0 amide bonds. The van der Waals surface area contributed by atoms with Gasteiger partial charge in [-0.05, 0) is 62.3 Å². The van der Waals surface area contributed by atoms with Gasteiger partial charge in [0.2, 0.25) is 0 Å². The van der Waals surface area contributed by atoms with Gasteiger partial charge in [0.15, 0.2) is 0 Å². The second-order valence-electron chi connectivity index (χ2n) is 5.91. The van der Waals surface area contributed by atoms with E-state index >= 15 is 0 Å². The highest BCUT2D eigenvalue weighted by Gasteiger charge is 2.22. The van der Waals surface area contributed by atoms with Gasteiger partial charge >= 0.3 is 0 Å². The molecule has 20 heavy (non-hydrogen) atoms. The maximum absolute atomic E-state index is 10.7. The molecule has 2 aromatic carbocycles. The zero-order chi connectivity index (χ0) is 14.6. The van der Waals surface area contributed by atoms with E-state index in [1.165, 1.54) is 16.7 Å². The van der Waals surface area contributed by atoms with Crippen LogP contribution in [-0.2, 0) is 12.0 Å². The van der Waals surface area contributed by atoms with E-state index in [1.807, 2.05) is 19.1 Å². The minimum Gasteiger partial charge on any atom is -0.385 e. The van der Waals surface area contributed by atoms with Crippen molar-refractivity contribution in [3.63, 3.8) is 0 Å². The molecule has 0 aromatic heterocycles. The van der Waals surface area contributed by atoms with E-state index in [2.05, 4.69) is 50.2 Å². The lowest BCUT2D eigenvalue weighted by Crippen LogP contribution is -2.21. The Morgan fingerprint density at radius 3 is 2.30 bits per heavy atom. The van der Waals surface area contributed by atoms with Gasteiger partial charge in [0.1, 0.15) is 0 Å². The first kappa shape index (κ1) is 14.8. The molecule has 106 valence electrons. The summed E-state index contributed by atoms with van der Waals surface area (Å²) >= 11 is 0. The second kappa shape index (κ2) is 6.23. The van der Waals surface area contributed by atoms with E-state index in [-0.39, 0.29) is 0 Å². The minimum atomic E-state index is -0.743. The van der Waals surface area contributed by atoms with Crippen molar-refractivity contribution in [3.8, 4) is 0 Å². The van der Waals surface area contributed by atoms with Gasteiger partial charge in [-0.3, -0.25) is 0 Å². The zero-order valence-corrected chi connectivity index (χ0v) is 12.7. The molecule has 1 N–H and O–H groups in total. The van der Waals surface area contributed by atoms with Crippen molar-refractivity contribution in [2.45, 2.75) is 45.6 Å². The Kier molecular flexibility index (Phi) is 4.61. The van der Waals surface area contributed by atoms with Crippen LogP contribution in [0.3, 0.4) is 0 Å². The number of hydrogen-bond donors (Lipinski definition) is 1. The van der Waals surface area contributed by atoms with Gasteiger partial charge in [-0.15, -0.1) is 0 Å². The lowest BCUT2D eigenvalue weighted by atomic mass is 9.88. The van der Waals surface area contributed by atoms with Crippen molar-refractivity contribution >= 4 is 0 Å². The smallest absolute Gasteiger partial charge is 0.0868 e. The van der Waals surface area contributed by atoms with Crippen molar-refractivity contribution in [3.05, 3.63) is 70.8 Å². The Labute approximate surface area is 122 Å². The molecule has 0 saturated carbocycles. The Hall–Kier alpha value is -1.60. The summed E-state index contributed by atoms with van der Waals surface area (Å²) in [5, 5.41) is 10.7. The molecule has 0 spiro atoms. The minimum absolute atomic E-state index is 0.743. The maximum atomic E-state index is 10.7. The molecule has 1 atom stereocenters. The first-order valence-corrected chi connectivity index (χ1v) is 7.33. The normalized spacial score (nSPS) is 14.0. The topological polar surface area (TPSA) is 20.2 Å². The monoisotopic (exact) mass is 268 g/mol.